The molecule has 0 saturated heterocycles. The molecule has 2 nitrogen and oxygen atoms in total. The minimum atomic E-state index is 0.299. The Kier molecular flexibility index (Phi) is 7.11. The molecule has 3 atom stereocenters. The van der Waals surface area contributed by atoms with E-state index < -0.39 is 0 Å². The van der Waals surface area contributed by atoms with Gasteiger partial charge in [-0.15, -0.1) is 0 Å². The van der Waals surface area contributed by atoms with Crippen molar-refractivity contribution < 1.29 is 9.59 Å². The third-order valence-electron chi connectivity index (χ3n) is 5.75. The lowest BCUT2D eigenvalue weighted by Crippen LogP contribution is -2.22. The molecule has 0 amide bonds. The van der Waals surface area contributed by atoms with Crippen LogP contribution in [0.4, 0.5) is 0 Å². The standard InChI is InChI=1S/C20H34O2/c1-15(2)13-19(21)11-6-12-20(22)18-10-5-9-16-7-3-4-8-17(16)14-18/h15-18H,3-14H2,1-2H3. The topological polar surface area (TPSA) is 34.1 Å². The molecule has 0 heterocycles. The van der Waals surface area contributed by atoms with Crippen LogP contribution in [0.25, 0.3) is 0 Å². The first-order valence-electron chi connectivity index (χ1n) is 9.60. The zero-order valence-corrected chi connectivity index (χ0v) is 14.6. The first-order chi connectivity index (χ1) is 10.6. The van der Waals surface area contributed by atoms with Crippen LogP contribution in [0.15, 0.2) is 0 Å². The smallest absolute Gasteiger partial charge is 0.135 e. The molecule has 22 heavy (non-hydrogen) atoms. The van der Waals surface area contributed by atoms with E-state index in [-0.39, 0.29) is 0 Å². The number of fused-ring (bicyclic) bond motifs is 1. The van der Waals surface area contributed by atoms with E-state index in [1.165, 1.54) is 38.5 Å². The lowest BCUT2D eigenvalue weighted by molar-refractivity contribution is -0.124. The van der Waals surface area contributed by atoms with Crippen molar-refractivity contribution in [2.24, 2.45) is 23.7 Å². The Morgan fingerprint density at radius 3 is 2.32 bits per heavy atom. The van der Waals surface area contributed by atoms with Crippen molar-refractivity contribution in [2.45, 2.75) is 90.9 Å². The molecule has 2 saturated carbocycles. The molecule has 0 aromatic rings. The summed E-state index contributed by atoms with van der Waals surface area (Å²) in [5, 5.41) is 0. The maximum absolute atomic E-state index is 12.5. The van der Waals surface area contributed by atoms with E-state index in [0.29, 0.717) is 42.7 Å². The quantitative estimate of drug-likeness (QED) is 0.636. The Bertz CT molecular complexity index is 372. The maximum Gasteiger partial charge on any atom is 0.135 e. The first kappa shape index (κ1) is 17.7. The van der Waals surface area contributed by atoms with Gasteiger partial charge in [0.2, 0.25) is 0 Å². The molecule has 3 unspecified atom stereocenters. The van der Waals surface area contributed by atoms with Gasteiger partial charge in [0.25, 0.3) is 0 Å². The monoisotopic (exact) mass is 306 g/mol. The molecule has 2 aliphatic carbocycles. The summed E-state index contributed by atoms with van der Waals surface area (Å²) in [5.41, 5.74) is 0. The fourth-order valence-corrected chi connectivity index (χ4v) is 4.60. The molecule has 0 radical (unpaired) electrons. The highest BCUT2D eigenvalue weighted by molar-refractivity contribution is 5.82. The van der Waals surface area contributed by atoms with Crippen LogP contribution in [0.3, 0.4) is 0 Å². The molecule has 0 aliphatic heterocycles. The van der Waals surface area contributed by atoms with Crippen LogP contribution in [0.1, 0.15) is 90.9 Å². The van der Waals surface area contributed by atoms with Gasteiger partial charge < -0.3 is 0 Å². The second kappa shape index (κ2) is 8.84. The zero-order valence-electron chi connectivity index (χ0n) is 14.6. The minimum Gasteiger partial charge on any atom is -0.300 e. The lowest BCUT2D eigenvalue weighted by Gasteiger charge is -2.30. The normalized spacial score (nSPS) is 29.0. The van der Waals surface area contributed by atoms with E-state index in [1.807, 2.05) is 0 Å². The molecule has 0 bridgehead atoms. The van der Waals surface area contributed by atoms with Gasteiger partial charge in [-0.1, -0.05) is 52.4 Å². The van der Waals surface area contributed by atoms with Crippen molar-refractivity contribution in [1.29, 1.82) is 0 Å². The van der Waals surface area contributed by atoms with Crippen molar-refractivity contribution in [1.82, 2.24) is 0 Å². The molecular weight excluding hydrogens is 272 g/mol. The Hall–Kier alpha value is -0.660. The number of rotatable bonds is 7. The second-order valence-corrected chi connectivity index (χ2v) is 8.12. The predicted octanol–water partition coefficient (Wildman–Crippen LogP) is 5.34. The molecule has 0 spiro atoms. The molecule has 0 aromatic carbocycles. The fourth-order valence-electron chi connectivity index (χ4n) is 4.60. The van der Waals surface area contributed by atoms with Gasteiger partial charge in [-0.2, -0.15) is 0 Å². The highest BCUT2D eigenvalue weighted by Crippen LogP contribution is 2.41. The van der Waals surface area contributed by atoms with Crippen molar-refractivity contribution >= 4 is 11.6 Å². The summed E-state index contributed by atoms with van der Waals surface area (Å²) < 4.78 is 0. The van der Waals surface area contributed by atoms with Gasteiger partial charge in [-0.25, -0.2) is 0 Å². The number of Topliss-reactive ketones (excluding diaryl/α,β-unsaturated/α-hetero) is 2. The van der Waals surface area contributed by atoms with Crippen LogP contribution >= 0.6 is 0 Å². The summed E-state index contributed by atoms with van der Waals surface area (Å²) in [6.45, 7) is 4.16. The number of carbonyl (C=O) groups is 2. The molecule has 0 N–H and O–H groups in total. The largest absolute Gasteiger partial charge is 0.300 e. The van der Waals surface area contributed by atoms with E-state index in [2.05, 4.69) is 13.8 Å². The molecule has 2 heteroatoms. The van der Waals surface area contributed by atoms with Crippen LogP contribution in [0.2, 0.25) is 0 Å². The molecule has 0 aromatic heterocycles. The maximum atomic E-state index is 12.5. The number of ketones is 2. The van der Waals surface area contributed by atoms with E-state index in [1.54, 1.807) is 0 Å². The van der Waals surface area contributed by atoms with Gasteiger partial charge in [0, 0.05) is 25.2 Å². The van der Waals surface area contributed by atoms with Gasteiger partial charge in [-0.3, -0.25) is 9.59 Å². The minimum absolute atomic E-state index is 0.299. The van der Waals surface area contributed by atoms with E-state index >= 15 is 0 Å². The third-order valence-corrected chi connectivity index (χ3v) is 5.75. The average Bonchev–Trinajstić information content (AvgIpc) is 2.68. The van der Waals surface area contributed by atoms with Crippen LogP contribution < -0.4 is 0 Å². The summed E-state index contributed by atoms with van der Waals surface area (Å²) in [6, 6.07) is 0. The van der Waals surface area contributed by atoms with Crippen LogP contribution in [-0.2, 0) is 9.59 Å². The lowest BCUT2D eigenvalue weighted by atomic mass is 9.75. The number of carbonyl (C=O) groups excluding carboxylic acids is 2. The van der Waals surface area contributed by atoms with Crippen molar-refractivity contribution in [3.63, 3.8) is 0 Å². The number of hydrogen-bond donors (Lipinski definition) is 0. The van der Waals surface area contributed by atoms with E-state index in [9.17, 15) is 9.59 Å². The van der Waals surface area contributed by atoms with Crippen LogP contribution in [-0.4, -0.2) is 11.6 Å². The van der Waals surface area contributed by atoms with E-state index in [4.69, 9.17) is 0 Å². The highest BCUT2D eigenvalue weighted by atomic mass is 16.1. The Morgan fingerprint density at radius 2 is 1.59 bits per heavy atom. The Balaban J connectivity index is 1.73. The Labute approximate surface area is 136 Å². The Morgan fingerprint density at radius 1 is 0.909 bits per heavy atom. The molecule has 2 rings (SSSR count). The van der Waals surface area contributed by atoms with Crippen LogP contribution in [0, 0.1) is 23.7 Å². The summed E-state index contributed by atoms with van der Waals surface area (Å²) in [5.74, 6) is 3.23. The highest BCUT2D eigenvalue weighted by Gasteiger charge is 2.32. The second-order valence-electron chi connectivity index (χ2n) is 8.12. The first-order valence-corrected chi connectivity index (χ1v) is 9.60. The summed E-state index contributed by atoms with van der Waals surface area (Å²) in [4.78, 5) is 24.3. The zero-order chi connectivity index (χ0) is 15.9. The summed E-state index contributed by atoms with van der Waals surface area (Å²) in [6.07, 6.45) is 13.0. The van der Waals surface area contributed by atoms with Gasteiger partial charge in [0.1, 0.15) is 11.6 Å². The van der Waals surface area contributed by atoms with Gasteiger partial charge >= 0.3 is 0 Å². The molecule has 2 aliphatic rings. The summed E-state index contributed by atoms with van der Waals surface area (Å²) in [7, 11) is 0. The van der Waals surface area contributed by atoms with Crippen molar-refractivity contribution in [2.75, 3.05) is 0 Å². The van der Waals surface area contributed by atoms with E-state index in [0.717, 1.165) is 31.1 Å². The predicted molar refractivity (Wildman–Crippen MR) is 90.7 cm³/mol. The van der Waals surface area contributed by atoms with Crippen molar-refractivity contribution in [3.8, 4) is 0 Å². The van der Waals surface area contributed by atoms with Crippen LogP contribution in [0.5, 0.6) is 0 Å². The average molecular weight is 306 g/mol. The third kappa shape index (κ3) is 5.52. The molecular formula is C20H34O2. The summed E-state index contributed by atoms with van der Waals surface area (Å²) >= 11 is 0. The fraction of sp³-hybridized carbons (Fsp3) is 0.900. The number of hydrogen-bond acceptors (Lipinski definition) is 2. The molecule has 126 valence electrons. The van der Waals surface area contributed by atoms with Gasteiger partial charge in [0.05, 0.1) is 0 Å². The van der Waals surface area contributed by atoms with Gasteiger partial charge in [-0.05, 0) is 37.0 Å². The van der Waals surface area contributed by atoms with Gasteiger partial charge in [0.15, 0.2) is 0 Å². The molecule has 2 fully saturated rings. The van der Waals surface area contributed by atoms with Crippen molar-refractivity contribution in [3.05, 3.63) is 0 Å². The SMILES string of the molecule is CC(C)CC(=O)CCCC(=O)C1CCCC2CCCCC2C1.